The van der Waals surface area contributed by atoms with Gasteiger partial charge in [0, 0.05) is 11.7 Å². The van der Waals surface area contributed by atoms with E-state index in [1.54, 1.807) is 11.0 Å². The van der Waals surface area contributed by atoms with Crippen molar-refractivity contribution in [3.63, 3.8) is 0 Å². The van der Waals surface area contributed by atoms with Gasteiger partial charge in [-0.1, -0.05) is 25.8 Å². The number of rotatable bonds is 3. The summed E-state index contributed by atoms with van der Waals surface area (Å²) in [6.07, 6.45) is 6.89. The lowest BCUT2D eigenvalue weighted by Crippen LogP contribution is -2.30. The van der Waals surface area contributed by atoms with Crippen LogP contribution >= 0.6 is 0 Å². The molecule has 1 heterocycles. The van der Waals surface area contributed by atoms with E-state index in [0.717, 1.165) is 17.3 Å². The predicted molar refractivity (Wildman–Crippen MR) is 74.2 cm³/mol. The van der Waals surface area contributed by atoms with Crippen LogP contribution < -0.4 is 5.32 Å². The largest absolute Gasteiger partial charge is 0.382 e. The predicted octanol–water partition coefficient (Wildman–Crippen LogP) is 2.65. The molecule has 0 aliphatic heterocycles. The van der Waals surface area contributed by atoms with Gasteiger partial charge in [-0.25, -0.2) is 4.68 Å². The number of tetrazole rings is 1. The second kappa shape index (κ2) is 5.38. The highest BCUT2D eigenvalue weighted by atomic mass is 15.5. The third-order valence-electron chi connectivity index (χ3n) is 3.92. The molecular formula is C14H19N5. The summed E-state index contributed by atoms with van der Waals surface area (Å²) >= 11 is 0. The first-order valence-electron chi connectivity index (χ1n) is 6.93. The van der Waals surface area contributed by atoms with Gasteiger partial charge in [0.05, 0.1) is 5.69 Å². The van der Waals surface area contributed by atoms with E-state index in [1.165, 1.54) is 25.7 Å². The zero-order valence-electron chi connectivity index (χ0n) is 11.2. The van der Waals surface area contributed by atoms with Crippen LogP contribution in [-0.4, -0.2) is 26.2 Å². The van der Waals surface area contributed by atoms with Crippen LogP contribution in [0, 0.1) is 5.92 Å². The average Bonchev–Trinajstić information content (AvgIpc) is 2.96. The van der Waals surface area contributed by atoms with Crippen LogP contribution in [0.25, 0.3) is 5.69 Å². The van der Waals surface area contributed by atoms with Gasteiger partial charge in [0.2, 0.25) is 0 Å². The SMILES string of the molecule is CC1CCCCC1Nc1cccc(-n2cnnn2)c1. The first-order valence-corrected chi connectivity index (χ1v) is 6.93. The van der Waals surface area contributed by atoms with Crippen molar-refractivity contribution in [3.8, 4) is 5.69 Å². The molecule has 1 aromatic heterocycles. The van der Waals surface area contributed by atoms with Gasteiger partial charge in [0.1, 0.15) is 6.33 Å². The van der Waals surface area contributed by atoms with Crippen molar-refractivity contribution in [2.24, 2.45) is 5.92 Å². The van der Waals surface area contributed by atoms with Crippen LogP contribution in [-0.2, 0) is 0 Å². The summed E-state index contributed by atoms with van der Waals surface area (Å²) < 4.78 is 1.68. The summed E-state index contributed by atoms with van der Waals surface area (Å²) in [6.45, 7) is 2.34. The fourth-order valence-corrected chi connectivity index (χ4v) is 2.76. The summed E-state index contributed by atoms with van der Waals surface area (Å²) in [7, 11) is 0. The Bertz CT molecular complexity index is 522. The zero-order valence-corrected chi connectivity index (χ0v) is 11.2. The lowest BCUT2D eigenvalue weighted by atomic mass is 9.86. The molecule has 1 aromatic carbocycles. The molecule has 3 rings (SSSR count). The number of hydrogen-bond acceptors (Lipinski definition) is 4. The monoisotopic (exact) mass is 257 g/mol. The van der Waals surface area contributed by atoms with E-state index in [2.05, 4.69) is 39.9 Å². The molecule has 19 heavy (non-hydrogen) atoms. The number of anilines is 1. The molecule has 1 N–H and O–H groups in total. The standard InChI is InChI=1S/C14H19N5/c1-11-5-2-3-8-14(11)16-12-6-4-7-13(9-12)19-10-15-17-18-19/h4,6-7,9-11,14,16H,2-3,5,8H2,1H3. The minimum absolute atomic E-state index is 0.581. The van der Waals surface area contributed by atoms with Gasteiger partial charge in [0.15, 0.2) is 0 Å². The fraction of sp³-hybridized carbons (Fsp3) is 0.500. The summed E-state index contributed by atoms with van der Waals surface area (Å²) in [5.41, 5.74) is 2.13. The minimum atomic E-state index is 0.581. The van der Waals surface area contributed by atoms with Gasteiger partial charge in [-0.05, 0) is 47.4 Å². The molecule has 0 bridgehead atoms. The van der Waals surface area contributed by atoms with Crippen LogP contribution in [0.3, 0.4) is 0 Å². The van der Waals surface area contributed by atoms with Gasteiger partial charge >= 0.3 is 0 Å². The maximum atomic E-state index is 3.92. The number of benzene rings is 1. The molecule has 1 saturated carbocycles. The quantitative estimate of drug-likeness (QED) is 0.918. The van der Waals surface area contributed by atoms with Crippen LogP contribution in [0.1, 0.15) is 32.6 Å². The van der Waals surface area contributed by atoms with E-state index in [4.69, 9.17) is 0 Å². The highest BCUT2D eigenvalue weighted by Crippen LogP contribution is 2.27. The Kier molecular flexibility index (Phi) is 3.44. The second-order valence-corrected chi connectivity index (χ2v) is 5.32. The molecule has 1 fully saturated rings. The highest BCUT2D eigenvalue weighted by Gasteiger charge is 2.20. The summed E-state index contributed by atoms with van der Waals surface area (Å²) in [4.78, 5) is 0. The third-order valence-corrected chi connectivity index (χ3v) is 3.92. The fourth-order valence-electron chi connectivity index (χ4n) is 2.76. The molecule has 0 radical (unpaired) electrons. The van der Waals surface area contributed by atoms with Crippen molar-refractivity contribution in [3.05, 3.63) is 30.6 Å². The molecule has 2 atom stereocenters. The van der Waals surface area contributed by atoms with Crippen LogP contribution in [0.5, 0.6) is 0 Å². The summed E-state index contributed by atoms with van der Waals surface area (Å²) in [5.74, 6) is 0.741. The Hall–Kier alpha value is -1.91. The van der Waals surface area contributed by atoms with E-state index < -0.39 is 0 Å². The number of nitrogens with one attached hydrogen (secondary N) is 1. The first kappa shape index (κ1) is 12.1. The van der Waals surface area contributed by atoms with Crippen molar-refractivity contribution in [1.29, 1.82) is 0 Å². The van der Waals surface area contributed by atoms with Gasteiger partial charge in [-0.3, -0.25) is 0 Å². The summed E-state index contributed by atoms with van der Waals surface area (Å²) in [6, 6.07) is 8.82. The van der Waals surface area contributed by atoms with E-state index in [1.807, 2.05) is 12.1 Å². The maximum Gasteiger partial charge on any atom is 0.143 e. The molecule has 5 nitrogen and oxygen atoms in total. The molecule has 0 spiro atoms. The van der Waals surface area contributed by atoms with Crippen LogP contribution in [0.15, 0.2) is 30.6 Å². The van der Waals surface area contributed by atoms with Crippen LogP contribution in [0.2, 0.25) is 0 Å². The molecule has 0 amide bonds. The molecule has 1 aliphatic rings. The smallest absolute Gasteiger partial charge is 0.143 e. The Morgan fingerprint density at radius 3 is 2.95 bits per heavy atom. The molecule has 5 heteroatoms. The molecular weight excluding hydrogens is 238 g/mol. The number of hydrogen-bond donors (Lipinski definition) is 1. The Morgan fingerprint density at radius 1 is 1.26 bits per heavy atom. The highest BCUT2D eigenvalue weighted by molar-refractivity contribution is 5.51. The first-order chi connectivity index (χ1) is 9.33. The zero-order chi connectivity index (χ0) is 13.1. The van der Waals surface area contributed by atoms with Crippen molar-refractivity contribution in [2.45, 2.75) is 38.6 Å². The molecule has 1 aliphatic carbocycles. The third kappa shape index (κ3) is 2.75. The van der Waals surface area contributed by atoms with E-state index >= 15 is 0 Å². The van der Waals surface area contributed by atoms with E-state index in [-0.39, 0.29) is 0 Å². The molecule has 2 unspecified atom stereocenters. The van der Waals surface area contributed by atoms with Crippen LogP contribution in [0.4, 0.5) is 5.69 Å². The van der Waals surface area contributed by atoms with Gasteiger partial charge in [0.25, 0.3) is 0 Å². The number of aromatic nitrogens is 4. The van der Waals surface area contributed by atoms with Crippen molar-refractivity contribution < 1.29 is 0 Å². The topological polar surface area (TPSA) is 55.6 Å². The minimum Gasteiger partial charge on any atom is -0.382 e. The van der Waals surface area contributed by atoms with Crippen molar-refractivity contribution >= 4 is 5.69 Å². The Labute approximate surface area is 113 Å². The maximum absolute atomic E-state index is 3.92. The van der Waals surface area contributed by atoms with Crippen molar-refractivity contribution in [2.75, 3.05) is 5.32 Å². The Balaban J connectivity index is 1.76. The normalized spacial score (nSPS) is 23.2. The molecule has 0 saturated heterocycles. The average molecular weight is 257 g/mol. The molecule has 100 valence electrons. The van der Waals surface area contributed by atoms with Gasteiger partial charge in [-0.15, -0.1) is 5.10 Å². The molecule has 2 aromatic rings. The van der Waals surface area contributed by atoms with E-state index in [0.29, 0.717) is 6.04 Å². The van der Waals surface area contributed by atoms with Gasteiger partial charge in [-0.2, -0.15) is 0 Å². The van der Waals surface area contributed by atoms with E-state index in [9.17, 15) is 0 Å². The summed E-state index contributed by atoms with van der Waals surface area (Å²) in [5, 5.41) is 14.9. The lowest BCUT2D eigenvalue weighted by molar-refractivity contribution is 0.349. The number of nitrogens with zero attached hydrogens (tertiary/aromatic N) is 4. The second-order valence-electron chi connectivity index (χ2n) is 5.32. The van der Waals surface area contributed by atoms with Gasteiger partial charge < -0.3 is 5.32 Å². The Morgan fingerprint density at radius 2 is 2.16 bits per heavy atom. The van der Waals surface area contributed by atoms with Crippen molar-refractivity contribution in [1.82, 2.24) is 20.2 Å². The lowest BCUT2D eigenvalue weighted by Gasteiger charge is -2.30.